The van der Waals surface area contributed by atoms with E-state index in [0.717, 1.165) is 0 Å². The van der Waals surface area contributed by atoms with E-state index in [-0.39, 0.29) is 16.9 Å². The molecule has 0 unspecified atom stereocenters. The van der Waals surface area contributed by atoms with Crippen molar-refractivity contribution in [2.45, 2.75) is 0 Å². The Morgan fingerprint density at radius 2 is 1.68 bits per heavy atom. The molecule has 0 radical (unpaired) electrons. The first-order chi connectivity index (χ1) is 9.17. The van der Waals surface area contributed by atoms with Crippen molar-refractivity contribution in [2.75, 3.05) is 0 Å². The van der Waals surface area contributed by atoms with E-state index >= 15 is 0 Å². The number of carboxylic acids is 1. The maximum absolute atomic E-state index is 11.0. The number of hydrogen-bond acceptors (Lipinski definition) is 5. The van der Waals surface area contributed by atoms with Crippen molar-refractivity contribution >= 4 is 40.3 Å². The summed E-state index contributed by atoms with van der Waals surface area (Å²) >= 11 is 0. The molecule has 0 spiro atoms. The third kappa shape index (κ3) is 2.30. The number of nitrogens with zero attached hydrogens (tertiary/aromatic N) is 2. The molecule has 6 heteroatoms. The SMILES string of the molecule is O=C=Nc1cc(C(=O)O)cc2c(N=C=O)cccc12. The number of carbonyl (C=O) groups is 1. The van der Waals surface area contributed by atoms with E-state index in [1.54, 1.807) is 12.1 Å². The van der Waals surface area contributed by atoms with Crippen molar-refractivity contribution in [1.29, 1.82) is 0 Å². The second kappa shape index (κ2) is 5.06. The van der Waals surface area contributed by atoms with Gasteiger partial charge in [0, 0.05) is 10.8 Å². The maximum Gasteiger partial charge on any atom is 0.335 e. The van der Waals surface area contributed by atoms with E-state index in [2.05, 4.69) is 9.98 Å². The standard InChI is InChI=1S/C13H6N2O4/c16-6-14-11-3-1-2-9-10(11)4-8(13(18)19)5-12(9)15-7-17/h1-5H,(H,18,19). The molecule has 92 valence electrons. The van der Waals surface area contributed by atoms with Crippen LogP contribution in [0.25, 0.3) is 10.8 Å². The Labute approximate surface area is 106 Å². The molecule has 0 amide bonds. The Morgan fingerprint density at radius 1 is 1.00 bits per heavy atom. The van der Waals surface area contributed by atoms with E-state index in [1.807, 2.05) is 0 Å². The molecule has 19 heavy (non-hydrogen) atoms. The Bertz CT molecular complexity index is 770. The predicted molar refractivity (Wildman–Crippen MR) is 66.5 cm³/mol. The van der Waals surface area contributed by atoms with Crippen LogP contribution >= 0.6 is 0 Å². The molecule has 0 saturated heterocycles. The zero-order valence-corrected chi connectivity index (χ0v) is 9.45. The Morgan fingerprint density at radius 3 is 2.32 bits per heavy atom. The number of rotatable bonds is 3. The molecule has 2 rings (SSSR count). The van der Waals surface area contributed by atoms with Gasteiger partial charge in [0.05, 0.1) is 16.9 Å². The molecule has 1 N–H and O–H groups in total. The van der Waals surface area contributed by atoms with Crippen LogP contribution in [-0.4, -0.2) is 23.2 Å². The van der Waals surface area contributed by atoms with Gasteiger partial charge in [-0.05, 0) is 18.2 Å². The monoisotopic (exact) mass is 254 g/mol. The van der Waals surface area contributed by atoms with Crippen molar-refractivity contribution in [2.24, 2.45) is 9.98 Å². The quantitative estimate of drug-likeness (QED) is 0.672. The lowest BCUT2D eigenvalue weighted by Gasteiger charge is -2.05. The fourth-order valence-electron chi connectivity index (χ4n) is 1.76. The number of carbonyl (C=O) groups excluding carboxylic acids is 2. The summed E-state index contributed by atoms with van der Waals surface area (Å²) in [5.41, 5.74) is 0.362. The fourth-order valence-corrected chi connectivity index (χ4v) is 1.76. The minimum absolute atomic E-state index is 0.0601. The zero-order valence-electron chi connectivity index (χ0n) is 9.45. The van der Waals surface area contributed by atoms with Crippen LogP contribution in [0.3, 0.4) is 0 Å². The number of fused-ring (bicyclic) bond motifs is 1. The molecule has 0 aliphatic rings. The Hall–Kier alpha value is -3.07. The van der Waals surface area contributed by atoms with Gasteiger partial charge in [0.1, 0.15) is 0 Å². The lowest BCUT2D eigenvalue weighted by molar-refractivity contribution is 0.0697. The summed E-state index contributed by atoms with van der Waals surface area (Å²) in [5.74, 6) is -1.17. The molecular weight excluding hydrogens is 248 g/mol. The summed E-state index contributed by atoms with van der Waals surface area (Å²) in [7, 11) is 0. The summed E-state index contributed by atoms with van der Waals surface area (Å²) in [6.45, 7) is 0. The number of benzene rings is 2. The minimum atomic E-state index is -1.17. The van der Waals surface area contributed by atoms with Gasteiger partial charge < -0.3 is 5.11 Å². The molecule has 0 aliphatic heterocycles. The van der Waals surface area contributed by atoms with E-state index in [4.69, 9.17) is 5.11 Å². The highest BCUT2D eigenvalue weighted by Crippen LogP contribution is 2.33. The van der Waals surface area contributed by atoms with Crippen molar-refractivity contribution in [3.05, 3.63) is 35.9 Å². The van der Waals surface area contributed by atoms with Gasteiger partial charge in [-0.25, -0.2) is 14.4 Å². The first kappa shape index (κ1) is 12.4. The summed E-state index contributed by atoms with van der Waals surface area (Å²) < 4.78 is 0. The van der Waals surface area contributed by atoms with Crippen LogP contribution in [0.1, 0.15) is 10.4 Å². The van der Waals surface area contributed by atoms with Crippen LogP contribution < -0.4 is 0 Å². The Kier molecular flexibility index (Phi) is 3.30. The minimum Gasteiger partial charge on any atom is -0.478 e. The summed E-state index contributed by atoms with van der Waals surface area (Å²) in [6, 6.07) is 7.40. The lowest BCUT2D eigenvalue weighted by Crippen LogP contribution is -1.95. The average Bonchev–Trinajstić information content (AvgIpc) is 2.40. The van der Waals surface area contributed by atoms with Crippen LogP contribution in [-0.2, 0) is 9.59 Å². The second-order valence-electron chi connectivity index (χ2n) is 3.58. The van der Waals surface area contributed by atoms with Gasteiger partial charge in [0.15, 0.2) is 0 Å². The lowest BCUT2D eigenvalue weighted by atomic mass is 10.0. The summed E-state index contributed by atoms with van der Waals surface area (Å²) in [4.78, 5) is 38.7. The van der Waals surface area contributed by atoms with Crippen molar-refractivity contribution in [3.8, 4) is 0 Å². The van der Waals surface area contributed by atoms with Gasteiger partial charge in [-0.15, -0.1) is 0 Å². The molecule has 0 atom stereocenters. The number of aliphatic imine (C=N–C) groups is 2. The smallest absolute Gasteiger partial charge is 0.335 e. The first-order valence-electron chi connectivity index (χ1n) is 5.13. The fraction of sp³-hybridized carbons (Fsp3) is 0. The molecule has 0 bridgehead atoms. The van der Waals surface area contributed by atoms with Gasteiger partial charge in [-0.2, -0.15) is 9.98 Å². The predicted octanol–water partition coefficient (Wildman–Crippen LogP) is 2.47. The number of aromatic carboxylic acids is 1. The molecule has 0 heterocycles. The van der Waals surface area contributed by atoms with E-state index in [1.165, 1.54) is 30.4 Å². The summed E-state index contributed by atoms with van der Waals surface area (Å²) in [6.07, 6.45) is 2.76. The highest BCUT2D eigenvalue weighted by Gasteiger charge is 2.11. The second-order valence-corrected chi connectivity index (χ2v) is 3.58. The van der Waals surface area contributed by atoms with Crippen molar-refractivity contribution in [1.82, 2.24) is 0 Å². The maximum atomic E-state index is 11.0. The zero-order chi connectivity index (χ0) is 13.8. The Balaban J connectivity index is 2.94. The van der Waals surface area contributed by atoms with Gasteiger partial charge >= 0.3 is 5.97 Å². The van der Waals surface area contributed by atoms with Crippen molar-refractivity contribution in [3.63, 3.8) is 0 Å². The molecule has 2 aromatic rings. The highest BCUT2D eigenvalue weighted by atomic mass is 16.4. The number of hydrogen-bond donors (Lipinski definition) is 1. The van der Waals surface area contributed by atoms with Crippen LogP contribution in [0.2, 0.25) is 0 Å². The topological polar surface area (TPSA) is 96.2 Å². The molecular formula is C13H6N2O4. The van der Waals surface area contributed by atoms with Crippen molar-refractivity contribution < 1.29 is 19.5 Å². The van der Waals surface area contributed by atoms with E-state index in [9.17, 15) is 14.4 Å². The number of isocyanates is 2. The van der Waals surface area contributed by atoms with Gasteiger partial charge in [0.25, 0.3) is 0 Å². The van der Waals surface area contributed by atoms with Crippen LogP contribution in [0.4, 0.5) is 11.4 Å². The van der Waals surface area contributed by atoms with E-state index < -0.39 is 5.97 Å². The number of carboxylic acid groups (broad SMARTS) is 1. The molecule has 0 fully saturated rings. The highest BCUT2D eigenvalue weighted by molar-refractivity contribution is 6.05. The average molecular weight is 254 g/mol. The van der Waals surface area contributed by atoms with Gasteiger partial charge in [0.2, 0.25) is 12.2 Å². The normalized spacial score (nSPS) is 9.47. The molecule has 6 nitrogen and oxygen atoms in total. The third-order valence-electron chi connectivity index (χ3n) is 2.53. The summed E-state index contributed by atoms with van der Waals surface area (Å²) in [5, 5.41) is 9.92. The van der Waals surface area contributed by atoms with Crippen LogP contribution in [0, 0.1) is 0 Å². The first-order valence-corrected chi connectivity index (χ1v) is 5.13. The van der Waals surface area contributed by atoms with Crippen LogP contribution in [0.5, 0.6) is 0 Å². The van der Waals surface area contributed by atoms with Gasteiger partial charge in [-0.3, -0.25) is 0 Å². The van der Waals surface area contributed by atoms with E-state index in [0.29, 0.717) is 10.8 Å². The molecule has 2 aromatic carbocycles. The molecule has 0 saturated carbocycles. The van der Waals surface area contributed by atoms with Crippen LogP contribution in [0.15, 0.2) is 40.3 Å². The molecule has 0 aromatic heterocycles. The van der Waals surface area contributed by atoms with Gasteiger partial charge in [-0.1, -0.05) is 12.1 Å². The third-order valence-corrected chi connectivity index (χ3v) is 2.53. The largest absolute Gasteiger partial charge is 0.478 e. The molecule has 0 aliphatic carbocycles.